The van der Waals surface area contributed by atoms with Crippen LogP contribution in [-0.2, 0) is 17.7 Å². The number of nitrogens with zero attached hydrogens (tertiary/aromatic N) is 2. The number of aliphatic hydroxyl groups excluding tert-OH is 1. The molecule has 2 fully saturated rings. The Balaban J connectivity index is 1.53. The standard InChI is InChI=1S/C16H27N3O2/c1-2-3-5-15-17-10-13(18-15)11-19-8-7-16(14(20)12-19)6-4-9-21-16/h10,14,20H,2-9,11-12H2,1H3,(H,17,18)/t14-,16-/m0/s1. The van der Waals surface area contributed by atoms with Crippen LogP contribution in [0.4, 0.5) is 0 Å². The molecular formula is C16H27N3O2. The number of β-amino-alcohol motifs (C(OH)–C–C–N with tert-alkyl or cyclic N) is 1. The van der Waals surface area contributed by atoms with E-state index in [1.54, 1.807) is 0 Å². The Bertz CT molecular complexity index is 454. The molecule has 3 rings (SSSR count). The fourth-order valence-corrected chi connectivity index (χ4v) is 3.54. The summed E-state index contributed by atoms with van der Waals surface area (Å²) in [5.74, 6) is 1.08. The Kier molecular flexibility index (Phi) is 4.62. The minimum atomic E-state index is -0.365. The number of aliphatic hydroxyl groups is 1. The Morgan fingerprint density at radius 2 is 2.43 bits per heavy atom. The van der Waals surface area contributed by atoms with E-state index in [1.165, 1.54) is 12.8 Å². The fourth-order valence-electron chi connectivity index (χ4n) is 3.54. The third kappa shape index (κ3) is 3.30. The molecule has 2 N–H and O–H groups in total. The van der Waals surface area contributed by atoms with Crippen molar-refractivity contribution in [2.75, 3.05) is 19.7 Å². The number of aromatic amines is 1. The molecule has 0 amide bonds. The second-order valence-corrected chi connectivity index (χ2v) is 6.48. The van der Waals surface area contributed by atoms with Crippen molar-refractivity contribution in [2.24, 2.45) is 0 Å². The quantitative estimate of drug-likeness (QED) is 0.870. The summed E-state index contributed by atoms with van der Waals surface area (Å²) in [4.78, 5) is 10.1. The van der Waals surface area contributed by atoms with Gasteiger partial charge in [-0.15, -0.1) is 0 Å². The van der Waals surface area contributed by atoms with Crippen molar-refractivity contribution in [1.29, 1.82) is 0 Å². The van der Waals surface area contributed by atoms with Gasteiger partial charge in [0.25, 0.3) is 0 Å². The van der Waals surface area contributed by atoms with E-state index in [0.29, 0.717) is 6.54 Å². The molecular weight excluding hydrogens is 266 g/mol. The van der Waals surface area contributed by atoms with E-state index in [4.69, 9.17) is 4.74 Å². The van der Waals surface area contributed by atoms with Crippen LogP contribution >= 0.6 is 0 Å². The van der Waals surface area contributed by atoms with Gasteiger partial charge in [-0.25, -0.2) is 4.98 Å². The molecule has 118 valence electrons. The molecule has 21 heavy (non-hydrogen) atoms. The summed E-state index contributed by atoms with van der Waals surface area (Å²) in [5.41, 5.74) is 0.896. The molecule has 0 aromatic carbocycles. The number of hydrogen-bond donors (Lipinski definition) is 2. The molecule has 5 heteroatoms. The van der Waals surface area contributed by atoms with Crippen LogP contribution in [0.3, 0.4) is 0 Å². The fraction of sp³-hybridized carbons (Fsp3) is 0.812. The van der Waals surface area contributed by atoms with Gasteiger partial charge in [0.05, 0.1) is 11.7 Å². The molecule has 2 saturated heterocycles. The molecule has 0 unspecified atom stereocenters. The topological polar surface area (TPSA) is 61.4 Å². The molecule has 0 radical (unpaired) electrons. The number of rotatable bonds is 5. The maximum atomic E-state index is 10.4. The Morgan fingerprint density at radius 3 is 3.14 bits per heavy atom. The maximum Gasteiger partial charge on any atom is 0.106 e. The Morgan fingerprint density at radius 1 is 1.52 bits per heavy atom. The molecule has 0 bridgehead atoms. The van der Waals surface area contributed by atoms with E-state index in [0.717, 1.165) is 56.9 Å². The molecule has 2 aliphatic rings. The molecule has 0 saturated carbocycles. The second-order valence-electron chi connectivity index (χ2n) is 6.48. The number of imidazole rings is 1. The summed E-state index contributed by atoms with van der Waals surface area (Å²) in [6.07, 6.45) is 7.99. The van der Waals surface area contributed by atoms with E-state index < -0.39 is 0 Å². The predicted molar refractivity (Wildman–Crippen MR) is 81.0 cm³/mol. The lowest BCUT2D eigenvalue weighted by Crippen LogP contribution is -2.54. The number of aryl methyl sites for hydroxylation is 1. The lowest BCUT2D eigenvalue weighted by atomic mass is 9.86. The van der Waals surface area contributed by atoms with Crippen LogP contribution in [0, 0.1) is 0 Å². The van der Waals surface area contributed by atoms with Crippen LogP contribution in [0.1, 0.15) is 50.5 Å². The average molecular weight is 293 g/mol. The Labute approximate surface area is 126 Å². The number of H-pyrrole nitrogens is 1. The van der Waals surface area contributed by atoms with Crippen molar-refractivity contribution < 1.29 is 9.84 Å². The highest BCUT2D eigenvalue weighted by atomic mass is 16.5. The van der Waals surface area contributed by atoms with Crippen molar-refractivity contribution in [3.63, 3.8) is 0 Å². The number of ether oxygens (including phenoxy) is 1. The van der Waals surface area contributed by atoms with Crippen molar-refractivity contribution >= 4 is 0 Å². The molecule has 3 heterocycles. The van der Waals surface area contributed by atoms with Gasteiger partial charge in [0.1, 0.15) is 5.82 Å². The monoisotopic (exact) mass is 293 g/mol. The first-order chi connectivity index (χ1) is 10.2. The predicted octanol–water partition coefficient (Wildman–Crippen LogP) is 1.87. The first-order valence-corrected chi connectivity index (χ1v) is 8.29. The number of aromatic nitrogens is 2. The zero-order chi connectivity index (χ0) is 14.7. The molecule has 5 nitrogen and oxygen atoms in total. The van der Waals surface area contributed by atoms with Crippen LogP contribution in [0.5, 0.6) is 0 Å². The van der Waals surface area contributed by atoms with Gasteiger partial charge in [-0.05, 0) is 25.7 Å². The van der Waals surface area contributed by atoms with E-state index >= 15 is 0 Å². The smallest absolute Gasteiger partial charge is 0.106 e. The molecule has 2 aliphatic heterocycles. The zero-order valence-corrected chi connectivity index (χ0v) is 13.0. The number of unbranched alkanes of at least 4 members (excludes halogenated alkanes) is 1. The number of nitrogens with one attached hydrogen (secondary N) is 1. The molecule has 0 aliphatic carbocycles. The second kappa shape index (κ2) is 6.46. The summed E-state index contributed by atoms with van der Waals surface area (Å²) in [7, 11) is 0. The van der Waals surface area contributed by atoms with Gasteiger partial charge in [0, 0.05) is 44.6 Å². The van der Waals surface area contributed by atoms with E-state index in [-0.39, 0.29) is 11.7 Å². The molecule has 1 aromatic rings. The third-order valence-electron chi connectivity index (χ3n) is 4.87. The minimum Gasteiger partial charge on any atom is -0.389 e. The van der Waals surface area contributed by atoms with Gasteiger partial charge in [-0.1, -0.05) is 13.3 Å². The Hall–Kier alpha value is -0.910. The van der Waals surface area contributed by atoms with Crippen LogP contribution < -0.4 is 0 Å². The minimum absolute atomic E-state index is 0.253. The van der Waals surface area contributed by atoms with Gasteiger partial charge in [0.15, 0.2) is 0 Å². The van der Waals surface area contributed by atoms with Crippen molar-refractivity contribution in [3.8, 4) is 0 Å². The lowest BCUT2D eigenvalue weighted by Gasteiger charge is -2.42. The van der Waals surface area contributed by atoms with Gasteiger partial charge in [-0.2, -0.15) is 0 Å². The first-order valence-electron chi connectivity index (χ1n) is 8.29. The highest BCUT2D eigenvalue weighted by molar-refractivity contribution is 5.04. The van der Waals surface area contributed by atoms with Crippen molar-refractivity contribution in [1.82, 2.24) is 14.9 Å². The first kappa shape index (κ1) is 15.0. The van der Waals surface area contributed by atoms with Crippen molar-refractivity contribution in [3.05, 3.63) is 17.7 Å². The van der Waals surface area contributed by atoms with Gasteiger partial charge in [0.2, 0.25) is 0 Å². The third-order valence-corrected chi connectivity index (χ3v) is 4.87. The summed E-state index contributed by atoms with van der Waals surface area (Å²) < 4.78 is 5.84. The van der Waals surface area contributed by atoms with Crippen LogP contribution in [0.25, 0.3) is 0 Å². The van der Waals surface area contributed by atoms with Crippen LogP contribution in [0.15, 0.2) is 6.20 Å². The summed E-state index contributed by atoms with van der Waals surface area (Å²) in [6, 6.07) is 0. The van der Waals surface area contributed by atoms with Gasteiger partial charge >= 0.3 is 0 Å². The highest BCUT2D eigenvalue weighted by Gasteiger charge is 2.45. The van der Waals surface area contributed by atoms with Gasteiger partial charge < -0.3 is 14.8 Å². The van der Waals surface area contributed by atoms with Crippen molar-refractivity contribution in [2.45, 2.75) is 63.7 Å². The number of piperidine rings is 1. The van der Waals surface area contributed by atoms with Crippen LogP contribution in [0.2, 0.25) is 0 Å². The molecule has 2 atom stereocenters. The molecule has 1 spiro atoms. The van der Waals surface area contributed by atoms with E-state index in [9.17, 15) is 5.11 Å². The largest absolute Gasteiger partial charge is 0.389 e. The highest BCUT2D eigenvalue weighted by Crippen LogP contribution is 2.36. The van der Waals surface area contributed by atoms with Crippen LogP contribution in [-0.4, -0.2) is 51.4 Å². The zero-order valence-electron chi connectivity index (χ0n) is 13.0. The maximum absolute atomic E-state index is 10.4. The molecule has 1 aromatic heterocycles. The summed E-state index contributed by atoms with van der Waals surface area (Å²) >= 11 is 0. The summed E-state index contributed by atoms with van der Waals surface area (Å²) in [6.45, 7) is 5.52. The number of hydrogen-bond acceptors (Lipinski definition) is 4. The van der Waals surface area contributed by atoms with E-state index in [1.807, 2.05) is 6.20 Å². The lowest BCUT2D eigenvalue weighted by molar-refractivity contribution is -0.130. The average Bonchev–Trinajstić information content (AvgIpc) is 3.11. The normalized spacial score (nSPS) is 30.3. The van der Waals surface area contributed by atoms with E-state index in [2.05, 4.69) is 21.8 Å². The summed E-state index contributed by atoms with van der Waals surface area (Å²) in [5, 5.41) is 10.4. The number of likely N-dealkylation sites (tertiary alicyclic amines) is 1. The van der Waals surface area contributed by atoms with Gasteiger partial charge in [-0.3, -0.25) is 4.90 Å². The SMILES string of the molecule is CCCCc1ncc(CN2CC[C@@]3(CCCO3)[C@@H](O)C2)[nH]1.